The van der Waals surface area contributed by atoms with E-state index in [1.807, 2.05) is 0 Å². The number of nitrogens with zero attached hydrogens (tertiary/aromatic N) is 1. The normalized spacial score (nSPS) is 18.2. The standard InChI is InChI=1S/C14H19ClN2O4S/c1-17(22(2,19)20)13-8-10(5-6-12(13)15)14(18)16-9-11-4-3-7-21-11/h5-6,8,11H,3-4,7,9H2,1-2H3,(H,16,18). The smallest absolute Gasteiger partial charge is 0.251 e. The van der Waals surface area contributed by atoms with Gasteiger partial charge in [-0.3, -0.25) is 9.10 Å². The summed E-state index contributed by atoms with van der Waals surface area (Å²) in [6.07, 6.45) is 3.07. The Morgan fingerprint density at radius 1 is 1.50 bits per heavy atom. The molecule has 1 heterocycles. The first kappa shape index (κ1) is 17.1. The number of halogens is 1. The van der Waals surface area contributed by atoms with Crippen LogP contribution in [-0.4, -0.2) is 46.9 Å². The van der Waals surface area contributed by atoms with E-state index >= 15 is 0 Å². The van der Waals surface area contributed by atoms with Crippen molar-refractivity contribution in [3.63, 3.8) is 0 Å². The molecule has 1 N–H and O–H groups in total. The number of rotatable bonds is 5. The SMILES string of the molecule is CN(c1cc(C(=O)NCC2CCCO2)ccc1Cl)S(C)(=O)=O. The number of carbonyl (C=O) groups is 1. The molecule has 1 amide bonds. The number of amides is 1. The molecule has 0 aliphatic carbocycles. The second-order valence-corrected chi connectivity index (χ2v) is 7.66. The van der Waals surface area contributed by atoms with Crippen molar-refractivity contribution in [2.24, 2.45) is 0 Å². The maximum atomic E-state index is 12.2. The highest BCUT2D eigenvalue weighted by atomic mass is 35.5. The van der Waals surface area contributed by atoms with Crippen LogP contribution in [0.25, 0.3) is 0 Å². The van der Waals surface area contributed by atoms with Crippen LogP contribution in [0.15, 0.2) is 18.2 Å². The lowest BCUT2D eigenvalue weighted by Crippen LogP contribution is -2.32. The minimum absolute atomic E-state index is 0.0504. The van der Waals surface area contributed by atoms with Crippen molar-refractivity contribution in [3.05, 3.63) is 28.8 Å². The van der Waals surface area contributed by atoms with Crippen molar-refractivity contribution in [2.45, 2.75) is 18.9 Å². The van der Waals surface area contributed by atoms with E-state index < -0.39 is 10.0 Å². The monoisotopic (exact) mass is 346 g/mol. The fourth-order valence-electron chi connectivity index (χ4n) is 2.19. The Morgan fingerprint density at radius 2 is 2.23 bits per heavy atom. The summed E-state index contributed by atoms with van der Waals surface area (Å²) in [5.41, 5.74) is 0.627. The van der Waals surface area contributed by atoms with Gasteiger partial charge in [-0.25, -0.2) is 8.42 Å². The van der Waals surface area contributed by atoms with Crippen molar-refractivity contribution in [2.75, 3.05) is 30.8 Å². The number of nitrogens with one attached hydrogen (secondary N) is 1. The van der Waals surface area contributed by atoms with Crippen LogP contribution in [0.5, 0.6) is 0 Å². The average Bonchev–Trinajstić information content (AvgIpc) is 2.97. The number of benzene rings is 1. The van der Waals surface area contributed by atoms with E-state index in [0.29, 0.717) is 12.1 Å². The lowest BCUT2D eigenvalue weighted by Gasteiger charge is -2.19. The third kappa shape index (κ3) is 4.12. The van der Waals surface area contributed by atoms with E-state index in [-0.39, 0.29) is 22.7 Å². The van der Waals surface area contributed by atoms with Crippen LogP contribution in [0.2, 0.25) is 5.02 Å². The number of sulfonamides is 1. The Balaban J connectivity index is 2.12. The molecule has 0 saturated carbocycles. The van der Waals surface area contributed by atoms with Crippen LogP contribution >= 0.6 is 11.6 Å². The summed E-state index contributed by atoms with van der Waals surface area (Å²) in [5.74, 6) is -0.282. The number of anilines is 1. The third-order valence-electron chi connectivity index (χ3n) is 3.56. The second-order valence-electron chi connectivity index (χ2n) is 5.24. The molecule has 1 fully saturated rings. The van der Waals surface area contributed by atoms with E-state index in [1.165, 1.54) is 19.2 Å². The zero-order valence-electron chi connectivity index (χ0n) is 12.5. The highest BCUT2D eigenvalue weighted by molar-refractivity contribution is 7.92. The maximum absolute atomic E-state index is 12.2. The van der Waals surface area contributed by atoms with Crippen LogP contribution in [0.3, 0.4) is 0 Å². The van der Waals surface area contributed by atoms with Crippen molar-refractivity contribution >= 4 is 33.2 Å². The van der Waals surface area contributed by atoms with E-state index in [0.717, 1.165) is 30.0 Å². The van der Waals surface area contributed by atoms with Gasteiger partial charge in [-0.2, -0.15) is 0 Å². The molecule has 0 aromatic heterocycles. The van der Waals surface area contributed by atoms with Crippen LogP contribution in [-0.2, 0) is 14.8 Å². The van der Waals surface area contributed by atoms with Gasteiger partial charge < -0.3 is 10.1 Å². The molecule has 0 bridgehead atoms. The molecule has 1 aromatic carbocycles. The maximum Gasteiger partial charge on any atom is 0.251 e. The van der Waals surface area contributed by atoms with Crippen LogP contribution in [0, 0.1) is 0 Å². The first-order valence-electron chi connectivity index (χ1n) is 6.92. The van der Waals surface area contributed by atoms with E-state index in [9.17, 15) is 13.2 Å². The summed E-state index contributed by atoms with van der Waals surface area (Å²) in [6, 6.07) is 4.54. The van der Waals surface area contributed by atoms with E-state index in [2.05, 4.69) is 5.32 Å². The third-order valence-corrected chi connectivity index (χ3v) is 5.07. The summed E-state index contributed by atoms with van der Waals surface area (Å²) >= 11 is 6.02. The van der Waals surface area contributed by atoms with Crippen LogP contribution in [0.1, 0.15) is 23.2 Å². The molecule has 1 unspecified atom stereocenters. The predicted molar refractivity (Wildman–Crippen MR) is 86.0 cm³/mol. The lowest BCUT2D eigenvalue weighted by atomic mass is 10.1. The van der Waals surface area contributed by atoms with Gasteiger partial charge in [0.1, 0.15) is 0 Å². The van der Waals surface area contributed by atoms with Gasteiger partial charge in [-0.1, -0.05) is 11.6 Å². The van der Waals surface area contributed by atoms with Gasteiger partial charge >= 0.3 is 0 Å². The quantitative estimate of drug-likeness (QED) is 0.879. The molecule has 1 aliphatic heterocycles. The summed E-state index contributed by atoms with van der Waals surface area (Å²) in [7, 11) is -2.06. The minimum atomic E-state index is -3.45. The van der Waals surface area contributed by atoms with Gasteiger partial charge in [0.15, 0.2) is 0 Å². The van der Waals surface area contributed by atoms with Crippen molar-refractivity contribution in [1.29, 1.82) is 0 Å². The summed E-state index contributed by atoms with van der Waals surface area (Å²) in [4.78, 5) is 12.2. The number of carbonyl (C=O) groups excluding carboxylic acids is 1. The van der Waals surface area contributed by atoms with Crippen LogP contribution < -0.4 is 9.62 Å². The van der Waals surface area contributed by atoms with Crippen LogP contribution in [0.4, 0.5) is 5.69 Å². The molecule has 8 heteroatoms. The van der Waals surface area contributed by atoms with E-state index in [4.69, 9.17) is 16.3 Å². The van der Waals surface area contributed by atoms with Gasteiger partial charge in [-0.15, -0.1) is 0 Å². The molecule has 0 radical (unpaired) electrons. The predicted octanol–water partition coefficient (Wildman–Crippen LogP) is 1.64. The Labute approximate surface area is 135 Å². The lowest BCUT2D eigenvalue weighted by molar-refractivity contribution is 0.0858. The van der Waals surface area contributed by atoms with Crippen molar-refractivity contribution in [1.82, 2.24) is 5.32 Å². The largest absolute Gasteiger partial charge is 0.376 e. The molecule has 6 nitrogen and oxygen atoms in total. The molecule has 0 spiro atoms. The van der Waals surface area contributed by atoms with Gasteiger partial charge in [0, 0.05) is 25.8 Å². The molecule has 22 heavy (non-hydrogen) atoms. The summed E-state index contributed by atoms with van der Waals surface area (Å²) < 4.78 is 29.7. The van der Waals surface area contributed by atoms with E-state index in [1.54, 1.807) is 6.07 Å². The molecule has 122 valence electrons. The fourth-order valence-corrected chi connectivity index (χ4v) is 2.99. The van der Waals surface area contributed by atoms with Crippen molar-refractivity contribution in [3.8, 4) is 0 Å². The number of hydrogen-bond acceptors (Lipinski definition) is 4. The zero-order valence-corrected chi connectivity index (χ0v) is 14.1. The zero-order chi connectivity index (χ0) is 16.3. The Hall–Kier alpha value is -1.31. The molecular weight excluding hydrogens is 328 g/mol. The highest BCUT2D eigenvalue weighted by Crippen LogP contribution is 2.27. The molecule has 1 aromatic rings. The summed E-state index contributed by atoms with van der Waals surface area (Å²) in [6.45, 7) is 1.17. The topological polar surface area (TPSA) is 75.7 Å². The number of hydrogen-bond donors (Lipinski definition) is 1. The average molecular weight is 347 g/mol. The fraction of sp³-hybridized carbons (Fsp3) is 0.500. The van der Waals surface area contributed by atoms with Gasteiger partial charge in [-0.05, 0) is 31.0 Å². The second kappa shape index (κ2) is 6.85. The first-order chi connectivity index (χ1) is 10.3. The molecule has 1 saturated heterocycles. The molecule has 1 atom stereocenters. The first-order valence-corrected chi connectivity index (χ1v) is 9.15. The molecular formula is C14H19ClN2O4S. The molecule has 1 aliphatic rings. The Bertz CT molecular complexity index is 657. The minimum Gasteiger partial charge on any atom is -0.376 e. The molecule has 2 rings (SSSR count). The summed E-state index contributed by atoms with van der Waals surface area (Å²) in [5, 5.41) is 3.06. The van der Waals surface area contributed by atoms with Gasteiger partial charge in [0.05, 0.1) is 23.1 Å². The van der Waals surface area contributed by atoms with Gasteiger partial charge in [0.25, 0.3) is 5.91 Å². The Morgan fingerprint density at radius 3 is 2.82 bits per heavy atom. The number of ether oxygens (including phenoxy) is 1. The van der Waals surface area contributed by atoms with Gasteiger partial charge in [0.2, 0.25) is 10.0 Å². The highest BCUT2D eigenvalue weighted by Gasteiger charge is 2.19. The van der Waals surface area contributed by atoms with Crippen molar-refractivity contribution < 1.29 is 17.9 Å². The Kier molecular flexibility index (Phi) is 5.31.